The van der Waals surface area contributed by atoms with Crippen molar-refractivity contribution < 1.29 is 14.0 Å². The maximum atomic E-state index is 12.8. The summed E-state index contributed by atoms with van der Waals surface area (Å²) in [5, 5.41) is 3.75. The molecule has 2 heterocycles. The number of benzene rings is 2. The summed E-state index contributed by atoms with van der Waals surface area (Å²) in [4.78, 5) is 38.9. The Morgan fingerprint density at radius 1 is 1.13 bits per heavy atom. The molecule has 0 bridgehead atoms. The minimum absolute atomic E-state index is 0.0432. The van der Waals surface area contributed by atoms with Crippen molar-refractivity contribution in [1.29, 1.82) is 0 Å². The van der Waals surface area contributed by atoms with Crippen LogP contribution in [0.3, 0.4) is 0 Å². The first-order valence-electron chi connectivity index (χ1n) is 10.2. The molecule has 1 unspecified atom stereocenters. The Bertz CT molecular complexity index is 1140. The highest BCUT2D eigenvalue weighted by molar-refractivity contribution is 5.95. The van der Waals surface area contributed by atoms with E-state index in [1.54, 1.807) is 17.0 Å². The minimum Gasteiger partial charge on any atom is -0.423 e. The summed E-state index contributed by atoms with van der Waals surface area (Å²) in [5.74, 6) is -0.345. The number of fused-ring (bicyclic) bond motifs is 1. The third kappa shape index (κ3) is 4.43. The van der Waals surface area contributed by atoms with Gasteiger partial charge in [-0.2, -0.15) is 0 Å². The molecule has 0 radical (unpaired) electrons. The number of carbonyl (C=O) groups excluding carboxylic acids is 2. The molecular weight excluding hydrogens is 380 g/mol. The van der Waals surface area contributed by atoms with Gasteiger partial charge in [-0.05, 0) is 43.0 Å². The first-order chi connectivity index (χ1) is 14.5. The van der Waals surface area contributed by atoms with Crippen LogP contribution in [0.1, 0.15) is 24.0 Å². The molecular formula is C24H24N2O4. The average molecular weight is 404 g/mol. The number of hydrogen-bond donors (Lipinski definition) is 1. The van der Waals surface area contributed by atoms with E-state index < -0.39 is 5.63 Å². The van der Waals surface area contributed by atoms with E-state index in [1.165, 1.54) is 6.07 Å². The molecule has 1 aromatic heterocycles. The molecule has 6 heteroatoms. The molecule has 0 saturated carbocycles. The van der Waals surface area contributed by atoms with E-state index in [9.17, 15) is 14.4 Å². The predicted octanol–water partition coefficient (Wildman–Crippen LogP) is 3.52. The van der Waals surface area contributed by atoms with Gasteiger partial charge in [0.25, 0.3) is 0 Å². The van der Waals surface area contributed by atoms with Crippen molar-refractivity contribution in [2.45, 2.75) is 26.2 Å². The fourth-order valence-corrected chi connectivity index (χ4v) is 3.95. The zero-order chi connectivity index (χ0) is 21.1. The number of aryl methyl sites for hydroxylation is 1. The Labute approximate surface area is 174 Å². The standard InChI is InChI=1S/C24H24N2O4/c1-16-12-23(28)30-21-14-19(9-10-20(16)21)25-24(29)18-8-5-11-26(15-18)22(27)13-17-6-3-2-4-7-17/h2-4,6-7,9-10,12,14,18H,5,8,11,13,15H2,1H3,(H,25,29). The first-order valence-corrected chi connectivity index (χ1v) is 10.2. The van der Waals surface area contributed by atoms with Crippen LogP contribution in [-0.4, -0.2) is 29.8 Å². The van der Waals surface area contributed by atoms with Crippen LogP contribution >= 0.6 is 0 Å². The van der Waals surface area contributed by atoms with Gasteiger partial charge in [-0.25, -0.2) is 4.79 Å². The number of nitrogens with zero attached hydrogens (tertiary/aromatic N) is 1. The van der Waals surface area contributed by atoms with Crippen LogP contribution < -0.4 is 10.9 Å². The number of nitrogens with one attached hydrogen (secondary N) is 1. The summed E-state index contributed by atoms with van der Waals surface area (Å²) in [6.45, 7) is 2.94. The van der Waals surface area contributed by atoms with E-state index in [0.29, 0.717) is 30.8 Å². The first kappa shape index (κ1) is 19.9. The maximum Gasteiger partial charge on any atom is 0.336 e. The fourth-order valence-electron chi connectivity index (χ4n) is 3.95. The normalized spacial score (nSPS) is 16.4. The second-order valence-corrected chi connectivity index (χ2v) is 7.79. The maximum absolute atomic E-state index is 12.8. The molecule has 1 saturated heterocycles. The third-order valence-electron chi connectivity index (χ3n) is 5.56. The van der Waals surface area contributed by atoms with Crippen LogP contribution in [0.15, 0.2) is 63.8 Å². The van der Waals surface area contributed by atoms with E-state index >= 15 is 0 Å². The van der Waals surface area contributed by atoms with Crippen molar-refractivity contribution in [3.05, 3.63) is 76.1 Å². The lowest BCUT2D eigenvalue weighted by atomic mass is 9.96. The number of rotatable bonds is 4. The van der Waals surface area contributed by atoms with Gasteiger partial charge in [0, 0.05) is 36.3 Å². The van der Waals surface area contributed by atoms with Crippen LogP contribution in [0.4, 0.5) is 5.69 Å². The highest BCUT2D eigenvalue weighted by atomic mass is 16.4. The Morgan fingerprint density at radius 3 is 2.73 bits per heavy atom. The zero-order valence-corrected chi connectivity index (χ0v) is 16.9. The summed E-state index contributed by atoms with van der Waals surface area (Å²) in [6.07, 6.45) is 1.88. The van der Waals surface area contributed by atoms with Crippen LogP contribution in [0.5, 0.6) is 0 Å². The van der Waals surface area contributed by atoms with Gasteiger partial charge in [-0.1, -0.05) is 30.3 Å². The summed E-state index contributed by atoms with van der Waals surface area (Å²) < 4.78 is 5.26. The number of carbonyl (C=O) groups is 2. The highest BCUT2D eigenvalue weighted by Gasteiger charge is 2.28. The van der Waals surface area contributed by atoms with Gasteiger partial charge in [-0.3, -0.25) is 9.59 Å². The summed E-state index contributed by atoms with van der Waals surface area (Å²) >= 11 is 0. The van der Waals surface area contributed by atoms with Crippen molar-refractivity contribution in [1.82, 2.24) is 4.90 Å². The van der Waals surface area contributed by atoms with Gasteiger partial charge >= 0.3 is 5.63 Å². The van der Waals surface area contributed by atoms with Gasteiger partial charge in [-0.15, -0.1) is 0 Å². The molecule has 2 aromatic carbocycles. The number of hydrogen-bond acceptors (Lipinski definition) is 4. The van der Waals surface area contributed by atoms with Crippen LogP contribution in [0, 0.1) is 12.8 Å². The largest absolute Gasteiger partial charge is 0.423 e. The van der Waals surface area contributed by atoms with E-state index in [2.05, 4.69) is 5.32 Å². The van der Waals surface area contributed by atoms with Crippen molar-refractivity contribution in [2.24, 2.45) is 5.92 Å². The highest BCUT2D eigenvalue weighted by Crippen LogP contribution is 2.23. The topological polar surface area (TPSA) is 79.6 Å². The second kappa shape index (κ2) is 8.53. The minimum atomic E-state index is -0.414. The van der Waals surface area contributed by atoms with E-state index in [1.807, 2.05) is 43.3 Å². The summed E-state index contributed by atoms with van der Waals surface area (Å²) in [7, 11) is 0. The lowest BCUT2D eigenvalue weighted by molar-refractivity contribution is -0.133. The number of likely N-dealkylation sites (tertiary alicyclic amines) is 1. The number of anilines is 1. The average Bonchev–Trinajstić information content (AvgIpc) is 2.74. The van der Waals surface area contributed by atoms with E-state index in [4.69, 9.17) is 4.42 Å². The molecule has 30 heavy (non-hydrogen) atoms. The molecule has 4 rings (SSSR count). The second-order valence-electron chi connectivity index (χ2n) is 7.79. The van der Waals surface area contributed by atoms with Gasteiger partial charge in [0.1, 0.15) is 5.58 Å². The lowest BCUT2D eigenvalue weighted by Gasteiger charge is -2.32. The quantitative estimate of drug-likeness (QED) is 0.675. The van der Waals surface area contributed by atoms with Crippen molar-refractivity contribution in [3.63, 3.8) is 0 Å². The molecule has 1 N–H and O–H groups in total. The lowest BCUT2D eigenvalue weighted by Crippen LogP contribution is -2.44. The van der Waals surface area contributed by atoms with Gasteiger partial charge in [0.15, 0.2) is 0 Å². The SMILES string of the molecule is Cc1cc(=O)oc2cc(NC(=O)C3CCCN(C(=O)Cc4ccccc4)C3)ccc12. The fraction of sp³-hybridized carbons (Fsp3) is 0.292. The van der Waals surface area contributed by atoms with Gasteiger partial charge in [0.05, 0.1) is 12.3 Å². The molecule has 1 fully saturated rings. The van der Waals surface area contributed by atoms with Crippen molar-refractivity contribution in [2.75, 3.05) is 18.4 Å². The smallest absolute Gasteiger partial charge is 0.336 e. The Balaban J connectivity index is 1.42. The summed E-state index contributed by atoms with van der Waals surface area (Å²) in [5.41, 5.74) is 2.42. The van der Waals surface area contributed by atoms with Crippen LogP contribution in [-0.2, 0) is 16.0 Å². The van der Waals surface area contributed by atoms with E-state index in [0.717, 1.165) is 29.4 Å². The summed E-state index contributed by atoms with van der Waals surface area (Å²) in [6, 6.07) is 16.4. The van der Waals surface area contributed by atoms with Crippen molar-refractivity contribution in [3.8, 4) is 0 Å². The molecule has 1 atom stereocenters. The van der Waals surface area contributed by atoms with Crippen molar-refractivity contribution >= 4 is 28.5 Å². The Morgan fingerprint density at radius 2 is 1.93 bits per heavy atom. The monoisotopic (exact) mass is 404 g/mol. The van der Waals surface area contributed by atoms with Gasteiger partial charge < -0.3 is 14.6 Å². The molecule has 154 valence electrons. The van der Waals surface area contributed by atoms with Crippen LogP contribution in [0.2, 0.25) is 0 Å². The molecule has 1 aliphatic rings. The van der Waals surface area contributed by atoms with E-state index in [-0.39, 0.29) is 17.7 Å². The molecule has 3 aromatic rings. The predicted molar refractivity (Wildman–Crippen MR) is 115 cm³/mol. The van der Waals surface area contributed by atoms with Gasteiger partial charge in [0.2, 0.25) is 11.8 Å². The molecule has 6 nitrogen and oxygen atoms in total. The third-order valence-corrected chi connectivity index (χ3v) is 5.56. The molecule has 2 amide bonds. The number of amides is 2. The molecule has 0 aliphatic carbocycles. The molecule has 0 spiro atoms. The number of piperidine rings is 1. The van der Waals surface area contributed by atoms with Crippen LogP contribution in [0.25, 0.3) is 11.0 Å². The molecule has 1 aliphatic heterocycles. The zero-order valence-electron chi connectivity index (χ0n) is 16.9. The Hall–Kier alpha value is -3.41. The Kier molecular flexibility index (Phi) is 5.65.